The third kappa shape index (κ3) is 6.04. The second-order valence-electron chi connectivity index (χ2n) is 6.70. The predicted molar refractivity (Wildman–Crippen MR) is 115 cm³/mol. The minimum Gasteiger partial charge on any atom is -0.454 e. The number of rotatable bonds is 7. The van der Waals surface area contributed by atoms with Gasteiger partial charge in [0.05, 0.1) is 0 Å². The van der Waals surface area contributed by atoms with E-state index in [-0.39, 0.29) is 12.5 Å². The van der Waals surface area contributed by atoms with Crippen LogP contribution in [0.15, 0.2) is 78.9 Å². The Bertz CT molecular complexity index is 1030. The molecule has 0 aromatic heterocycles. The highest BCUT2D eigenvalue weighted by atomic mass is 16.5. The van der Waals surface area contributed by atoms with Crippen molar-refractivity contribution in [2.24, 2.45) is 0 Å². The van der Waals surface area contributed by atoms with E-state index >= 15 is 0 Å². The van der Waals surface area contributed by atoms with Crippen molar-refractivity contribution in [1.82, 2.24) is 5.32 Å². The number of anilines is 1. The standard InChI is InChI=1S/C24H22N2O4/c1-17-6-5-9-20(14-17)24(29)25-15-23(28)30-16-22(27)26-21-12-10-19(11-13-21)18-7-3-2-4-8-18/h2-14H,15-16H2,1H3,(H,25,29)(H,26,27). The zero-order valence-electron chi connectivity index (χ0n) is 16.6. The van der Waals surface area contributed by atoms with Crippen LogP contribution in [0.25, 0.3) is 11.1 Å². The van der Waals surface area contributed by atoms with Crippen LogP contribution in [0.1, 0.15) is 15.9 Å². The van der Waals surface area contributed by atoms with Gasteiger partial charge in [0, 0.05) is 11.3 Å². The Labute approximate surface area is 174 Å². The molecule has 0 bridgehead atoms. The summed E-state index contributed by atoms with van der Waals surface area (Å²) in [5.41, 5.74) is 4.11. The van der Waals surface area contributed by atoms with E-state index in [0.717, 1.165) is 16.7 Å². The van der Waals surface area contributed by atoms with Gasteiger partial charge in [-0.05, 0) is 42.3 Å². The van der Waals surface area contributed by atoms with Gasteiger partial charge in [0.1, 0.15) is 6.54 Å². The number of carbonyl (C=O) groups is 3. The van der Waals surface area contributed by atoms with Gasteiger partial charge in [0.2, 0.25) is 0 Å². The summed E-state index contributed by atoms with van der Waals surface area (Å²) in [5.74, 6) is -1.52. The second-order valence-corrected chi connectivity index (χ2v) is 6.70. The van der Waals surface area contributed by atoms with Crippen molar-refractivity contribution in [3.05, 3.63) is 90.0 Å². The summed E-state index contributed by atoms with van der Waals surface area (Å²) in [6, 6.07) is 24.3. The van der Waals surface area contributed by atoms with E-state index in [0.29, 0.717) is 11.3 Å². The molecule has 2 N–H and O–H groups in total. The Morgan fingerprint density at radius 1 is 0.833 bits per heavy atom. The van der Waals surface area contributed by atoms with E-state index in [1.165, 1.54) is 0 Å². The molecule has 0 radical (unpaired) electrons. The van der Waals surface area contributed by atoms with Crippen LogP contribution in [-0.2, 0) is 14.3 Å². The lowest BCUT2D eigenvalue weighted by Crippen LogP contribution is -2.32. The van der Waals surface area contributed by atoms with Gasteiger partial charge in [-0.15, -0.1) is 0 Å². The van der Waals surface area contributed by atoms with E-state index in [4.69, 9.17) is 4.74 Å². The fourth-order valence-electron chi connectivity index (χ4n) is 2.81. The number of amides is 2. The van der Waals surface area contributed by atoms with Crippen molar-refractivity contribution in [2.75, 3.05) is 18.5 Å². The lowest BCUT2D eigenvalue weighted by atomic mass is 10.1. The van der Waals surface area contributed by atoms with Crippen LogP contribution in [0.5, 0.6) is 0 Å². The number of carbonyl (C=O) groups excluding carboxylic acids is 3. The van der Waals surface area contributed by atoms with Crippen molar-refractivity contribution < 1.29 is 19.1 Å². The molecule has 3 aromatic carbocycles. The summed E-state index contributed by atoms with van der Waals surface area (Å²) in [4.78, 5) is 35.8. The fraction of sp³-hybridized carbons (Fsp3) is 0.125. The van der Waals surface area contributed by atoms with Crippen LogP contribution in [0, 0.1) is 6.92 Å². The highest BCUT2D eigenvalue weighted by molar-refractivity contribution is 5.96. The van der Waals surface area contributed by atoms with Crippen LogP contribution in [-0.4, -0.2) is 30.9 Å². The van der Waals surface area contributed by atoms with Gasteiger partial charge in [0.15, 0.2) is 6.61 Å². The molecule has 3 aromatic rings. The molecule has 0 aliphatic rings. The normalized spacial score (nSPS) is 10.2. The number of hydrogen-bond donors (Lipinski definition) is 2. The minimum atomic E-state index is -0.689. The SMILES string of the molecule is Cc1cccc(C(=O)NCC(=O)OCC(=O)Nc2ccc(-c3ccccc3)cc2)c1. The van der Waals surface area contributed by atoms with Crippen molar-refractivity contribution >= 4 is 23.5 Å². The van der Waals surface area contributed by atoms with Crippen molar-refractivity contribution in [2.45, 2.75) is 6.92 Å². The van der Waals surface area contributed by atoms with Crippen LogP contribution < -0.4 is 10.6 Å². The summed E-state index contributed by atoms with van der Waals surface area (Å²) in [6.45, 7) is 1.13. The lowest BCUT2D eigenvalue weighted by Gasteiger charge is -2.09. The molecule has 0 atom stereocenters. The van der Waals surface area contributed by atoms with Gasteiger partial charge in [-0.1, -0.05) is 60.2 Å². The van der Waals surface area contributed by atoms with Crippen LogP contribution in [0.2, 0.25) is 0 Å². The Kier molecular flexibility index (Phi) is 6.95. The molecule has 0 aliphatic carbocycles. The average molecular weight is 402 g/mol. The summed E-state index contributed by atoms with van der Waals surface area (Å²) < 4.78 is 4.91. The highest BCUT2D eigenvalue weighted by Crippen LogP contribution is 2.20. The van der Waals surface area contributed by atoms with Crippen molar-refractivity contribution in [1.29, 1.82) is 0 Å². The maximum Gasteiger partial charge on any atom is 0.325 e. The van der Waals surface area contributed by atoms with E-state index in [1.54, 1.807) is 30.3 Å². The van der Waals surface area contributed by atoms with E-state index in [1.807, 2.05) is 55.5 Å². The van der Waals surface area contributed by atoms with Crippen LogP contribution in [0.4, 0.5) is 5.69 Å². The molecule has 0 heterocycles. The third-order valence-corrected chi connectivity index (χ3v) is 4.31. The van der Waals surface area contributed by atoms with E-state index in [2.05, 4.69) is 10.6 Å². The van der Waals surface area contributed by atoms with E-state index < -0.39 is 18.5 Å². The Hall–Kier alpha value is -3.93. The predicted octanol–water partition coefficient (Wildman–Crippen LogP) is 3.57. The number of nitrogens with one attached hydrogen (secondary N) is 2. The smallest absolute Gasteiger partial charge is 0.325 e. The molecule has 6 nitrogen and oxygen atoms in total. The first-order valence-corrected chi connectivity index (χ1v) is 9.47. The van der Waals surface area contributed by atoms with Crippen LogP contribution in [0.3, 0.4) is 0 Å². The molecule has 0 unspecified atom stereocenters. The van der Waals surface area contributed by atoms with Gasteiger partial charge in [-0.3, -0.25) is 14.4 Å². The molecule has 152 valence electrons. The molecule has 0 saturated carbocycles. The maximum absolute atomic E-state index is 12.0. The zero-order valence-corrected chi connectivity index (χ0v) is 16.6. The summed E-state index contributed by atoms with van der Waals surface area (Å²) >= 11 is 0. The first kappa shape index (κ1) is 20.8. The number of esters is 1. The molecule has 2 amide bonds. The summed E-state index contributed by atoms with van der Waals surface area (Å²) in [6.07, 6.45) is 0. The van der Waals surface area contributed by atoms with Gasteiger partial charge >= 0.3 is 5.97 Å². The molecule has 30 heavy (non-hydrogen) atoms. The number of ether oxygens (including phenoxy) is 1. The first-order chi connectivity index (χ1) is 14.5. The minimum absolute atomic E-state index is 0.314. The average Bonchev–Trinajstić information content (AvgIpc) is 2.77. The molecule has 0 fully saturated rings. The topological polar surface area (TPSA) is 84.5 Å². The van der Waals surface area contributed by atoms with Crippen molar-refractivity contribution in [3.8, 4) is 11.1 Å². The Morgan fingerprint density at radius 2 is 1.53 bits per heavy atom. The molecule has 0 spiro atoms. The van der Waals surface area contributed by atoms with Crippen LogP contribution >= 0.6 is 0 Å². The fourth-order valence-corrected chi connectivity index (χ4v) is 2.81. The second kappa shape index (κ2) is 10.0. The molecule has 6 heteroatoms. The summed E-state index contributed by atoms with van der Waals surface area (Å²) in [7, 11) is 0. The largest absolute Gasteiger partial charge is 0.454 e. The first-order valence-electron chi connectivity index (χ1n) is 9.47. The monoisotopic (exact) mass is 402 g/mol. The maximum atomic E-state index is 12.0. The number of benzene rings is 3. The lowest BCUT2D eigenvalue weighted by molar-refractivity contribution is -0.146. The van der Waals surface area contributed by atoms with Gasteiger partial charge in [0.25, 0.3) is 11.8 Å². The van der Waals surface area contributed by atoms with Gasteiger partial charge in [-0.25, -0.2) is 0 Å². The molecular formula is C24H22N2O4. The number of aryl methyl sites for hydroxylation is 1. The summed E-state index contributed by atoms with van der Waals surface area (Å²) in [5, 5.41) is 5.15. The zero-order chi connectivity index (χ0) is 21.3. The molecule has 0 aliphatic heterocycles. The molecule has 0 saturated heterocycles. The number of hydrogen-bond acceptors (Lipinski definition) is 4. The Balaban J connectivity index is 1.42. The quantitative estimate of drug-likeness (QED) is 0.592. The van der Waals surface area contributed by atoms with Gasteiger partial charge in [-0.2, -0.15) is 0 Å². The Morgan fingerprint density at radius 3 is 2.23 bits per heavy atom. The van der Waals surface area contributed by atoms with E-state index in [9.17, 15) is 14.4 Å². The van der Waals surface area contributed by atoms with Gasteiger partial charge < -0.3 is 15.4 Å². The molecule has 3 rings (SSSR count). The van der Waals surface area contributed by atoms with Crippen molar-refractivity contribution in [3.63, 3.8) is 0 Å². The third-order valence-electron chi connectivity index (χ3n) is 4.31. The molecular weight excluding hydrogens is 380 g/mol. The highest BCUT2D eigenvalue weighted by Gasteiger charge is 2.11.